The molecule has 21 heavy (non-hydrogen) atoms. The first-order valence-electron chi connectivity index (χ1n) is 8.99. The molecule has 0 fully saturated rings. The lowest BCUT2D eigenvalue weighted by Gasteiger charge is -2.20. The minimum absolute atomic E-state index is 0.536. The monoisotopic (exact) mass is 289 g/mol. The Morgan fingerprint density at radius 2 is 1.81 bits per heavy atom. The van der Waals surface area contributed by atoms with Gasteiger partial charge in [0.1, 0.15) is 0 Å². The van der Waals surface area contributed by atoms with Crippen molar-refractivity contribution in [1.82, 2.24) is 5.32 Å². The van der Waals surface area contributed by atoms with E-state index in [4.69, 9.17) is 0 Å². The van der Waals surface area contributed by atoms with Crippen molar-refractivity contribution < 1.29 is 0 Å². The van der Waals surface area contributed by atoms with E-state index in [2.05, 4.69) is 57.3 Å². The van der Waals surface area contributed by atoms with E-state index < -0.39 is 0 Å². The first kappa shape index (κ1) is 18.2. The second kappa shape index (κ2) is 10.8. The van der Waals surface area contributed by atoms with E-state index in [9.17, 15) is 0 Å². The van der Waals surface area contributed by atoms with Crippen LogP contribution in [0.5, 0.6) is 0 Å². The molecule has 0 aliphatic heterocycles. The molecule has 1 heteroatoms. The Bertz CT molecular complexity index is 370. The van der Waals surface area contributed by atoms with Gasteiger partial charge < -0.3 is 5.32 Å². The zero-order valence-corrected chi connectivity index (χ0v) is 14.6. The number of benzene rings is 1. The largest absolute Gasteiger partial charge is 0.310 e. The van der Waals surface area contributed by atoms with Crippen LogP contribution in [-0.4, -0.2) is 6.54 Å². The van der Waals surface area contributed by atoms with Crippen molar-refractivity contribution in [2.45, 2.75) is 78.7 Å². The van der Waals surface area contributed by atoms with Gasteiger partial charge in [-0.15, -0.1) is 0 Å². The Kier molecular flexibility index (Phi) is 9.41. The van der Waals surface area contributed by atoms with Gasteiger partial charge in [0.15, 0.2) is 0 Å². The summed E-state index contributed by atoms with van der Waals surface area (Å²) in [6.45, 7) is 10.2. The molecule has 0 heterocycles. The molecule has 0 saturated heterocycles. The summed E-state index contributed by atoms with van der Waals surface area (Å²) in [5, 5.41) is 3.74. The van der Waals surface area contributed by atoms with E-state index in [1.54, 1.807) is 0 Å². The molecule has 1 aromatic carbocycles. The van der Waals surface area contributed by atoms with E-state index in [1.165, 1.54) is 56.1 Å². The molecule has 0 radical (unpaired) electrons. The van der Waals surface area contributed by atoms with Gasteiger partial charge in [-0.2, -0.15) is 0 Å². The van der Waals surface area contributed by atoms with Crippen LogP contribution in [0.4, 0.5) is 0 Å². The number of unbranched alkanes of at least 4 members (excludes halogenated alkanes) is 3. The molecular weight excluding hydrogens is 254 g/mol. The third-order valence-corrected chi connectivity index (χ3v) is 3.98. The molecule has 1 unspecified atom stereocenters. The van der Waals surface area contributed by atoms with Crippen LogP contribution in [-0.2, 0) is 6.42 Å². The average Bonchev–Trinajstić information content (AvgIpc) is 2.46. The Morgan fingerprint density at radius 3 is 2.48 bits per heavy atom. The van der Waals surface area contributed by atoms with Crippen molar-refractivity contribution >= 4 is 0 Å². The minimum Gasteiger partial charge on any atom is -0.310 e. The molecular formula is C20H35N. The number of rotatable bonds is 11. The molecule has 1 atom stereocenters. The molecule has 0 spiro atoms. The molecule has 0 aliphatic rings. The lowest BCUT2D eigenvalue weighted by atomic mass is 9.95. The van der Waals surface area contributed by atoms with Gasteiger partial charge in [-0.1, -0.05) is 77.6 Å². The van der Waals surface area contributed by atoms with Crippen LogP contribution in [0.15, 0.2) is 24.3 Å². The summed E-state index contributed by atoms with van der Waals surface area (Å²) in [5.74, 6) is 0.729. The van der Waals surface area contributed by atoms with E-state index in [0.717, 1.165) is 12.5 Å². The Morgan fingerprint density at radius 1 is 1.00 bits per heavy atom. The molecule has 0 amide bonds. The third-order valence-electron chi connectivity index (χ3n) is 3.98. The molecule has 1 N–H and O–H groups in total. The number of nitrogens with one attached hydrogen (secondary N) is 1. The normalized spacial score (nSPS) is 12.8. The molecule has 1 rings (SSSR count). The highest BCUT2D eigenvalue weighted by molar-refractivity contribution is 5.26. The van der Waals surface area contributed by atoms with Gasteiger partial charge in [-0.3, -0.25) is 0 Å². The average molecular weight is 290 g/mol. The molecule has 0 aliphatic carbocycles. The van der Waals surface area contributed by atoms with Crippen LogP contribution in [0.2, 0.25) is 0 Å². The third kappa shape index (κ3) is 7.66. The van der Waals surface area contributed by atoms with Gasteiger partial charge in [-0.25, -0.2) is 0 Å². The van der Waals surface area contributed by atoms with Crippen LogP contribution in [0.3, 0.4) is 0 Å². The maximum atomic E-state index is 3.74. The van der Waals surface area contributed by atoms with Gasteiger partial charge in [0.25, 0.3) is 0 Å². The molecule has 1 aromatic rings. The standard InChI is InChI=1S/C20H35N/c1-5-7-8-9-13-20(21-14-6-2)19-12-10-11-18(16-19)15-17(3)4/h10-12,16-17,20-21H,5-9,13-15H2,1-4H3. The maximum Gasteiger partial charge on any atom is 0.0320 e. The minimum atomic E-state index is 0.536. The molecule has 0 bridgehead atoms. The van der Waals surface area contributed by atoms with E-state index in [1.807, 2.05) is 0 Å². The Balaban J connectivity index is 2.66. The highest BCUT2D eigenvalue weighted by Gasteiger charge is 2.11. The molecule has 1 nitrogen and oxygen atoms in total. The summed E-state index contributed by atoms with van der Waals surface area (Å²) in [5.41, 5.74) is 2.97. The highest BCUT2D eigenvalue weighted by atomic mass is 14.9. The summed E-state index contributed by atoms with van der Waals surface area (Å²) in [6, 6.07) is 9.77. The second-order valence-electron chi connectivity index (χ2n) is 6.70. The smallest absolute Gasteiger partial charge is 0.0320 e. The summed E-state index contributed by atoms with van der Waals surface area (Å²) in [6.07, 6.45) is 9.05. The second-order valence-corrected chi connectivity index (χ2v) is 6.70. The Hall–Kier alpha value is -0.820. The predicted molar refractivity (Wildman–Crippen MR) is 94.8 cm³/mol. The van der Waals surface area contributed by atoms with Crippen LogP contribution in [0, 0.1) is 5.92 Å². The quantitative estimate of drug-likeness (QED) is 0.500. The highest BCUT2D eigenvalue weighted by Crippen LogP contribution is 2.22. The lowest BCUT2D eigenvalue weighted by molar-refractivity contribution is 0.470. The maximum absolute atomic E-state index is 3.74. The van der Waals surface area contributed by atoms with Crippen molar-refractivity contribution in [3.63, 3.8) is 0 Å². The van der Waals surface area contributed by atoms with Crippen molar-refractivity contribution in [1.29, 1.82) is 0 Å². The fourth-order valence-electron chi connectivity index (χ4n) is 2.89. The van der Waals surface area contributed by atoms with Crippen molar-refractivity contribution in [2.24, 2.45) is 5.92 Å². The fourth-order valence-corrected chi connectivity index (χ4v) is 2.89. The topological polar surface area (TPSA) is 12.0 Å². The molecule has 120 valence electrons. The van der Waals surface area contributed by atoms with Gasteiger partial charge in [-0.05, 0) is 42.9 Å². The first-order valence-corrected chi connectivity index (χ1v) is 8.99. The van der Waals surface area contributed by atoms with Crippen LogP contribution < -0.4 is 5.32 Å². The fraction of sp³-hybridized carbons (Fsp3) is 0.700. The van der Waals surface area contributed by atoms with Crippen molar-refractivity contribution in [2.75, 3.05) is 6.54 Å². The van der Waals surface area contributed by atoms with E-state index in [-0.39, 0.29) is 0 Å². The summed E-state index contributed by atoms with van der Waals surface area (Å²) in [7, 11) is 0. The van der Waals surface area contributed by atoms with E-state index in [0.29, 0.717) is 6.04 Å². The van der Waals surface area contributed by atoms with Gasteiger partial charge in [0.2, 0.25) is 0 Å². The van der Waals surface area contributed by atoms with Gasteiger partial charge >= 0.3 is 0 Å². The summed E-state index contributed by atoms with van der Waals surface area (Å²) >= 11 is 0. The van der Waals surface area contributed by atoms with Gasteiger partial charge in [0, 0.05) is 6.04 Å². The number of hydrogen-bond donors (Lipinski definition) is 1. The van der Waals surface area contributed by atoms with Crippen molar-refractivity contribution in [3.05, 3.63) is 35.4 Å². The molecule has 0 aromatic heterocycles. The SMILES string of the molecule is CCCCCCC(NCCC)c1cccc(CC(C)C)c1. The van der Waals surface area contributed by atoms with Gasteiger partial charge in [0.05, 0.1) is 0 Å². The Labute approximate surface area is 132 Å². The van der Waals surface area contributed by atoms with Crippen LogP contribution >= 0.6 is 0 Å². The first-order chi connectivity index (χ1) is 10.2. The van der Waals surface area contributed by atoms with Crippen LogP contribution in [0.25, 0.3) is 0 Å². The summed E-state index contributed by atoms with van der Waals surface area (Å²) < 4.78 is 0. The number of hydrogen-bond acceptors (Lipinski definition) is 1. The predicted octanol–water partition coefficient (Wildman–Crippen LogP) is 5.90. The molecule has 0 saturated carbocycles. The lowest BCUT2D eigenvalue weighted by Crippen LogP contribution is -2.22. The van der Waals surface area contributed by atoms with E-state index >= 15 is 0 Å². The zero-order chi connectivity index (χ0) is 15.5. The summed E-state index contributed by atoms with van der Waals surface area (Å²) in [4.78, 5) is 0. The van der Waals surface area contributed by atoms with Crippen molar-refractivity contribution in [3.8, 4) is 0 Å². The van der Waals surface area contributed by atoms with Crippen LogP contribution in [0.1, 0.15) is 83.4 Å². The zero-order valence-electron chi connectivity index (χ0n) is 14.6.